The number of nitrogens with one attached hydrogen (secondary N) is 1. The van der Waals surface area contributed by atoms with Gasteiger partial charge in [-0.2, -0.15) is 0 Å². The van der Waals surface area contributed by atoms with Gasteiger partial charge in [-0.25, -0.2) is 0 Å². The Labute approximate surface area is 103 Å². The molecule has 0 amide bonds. The lowest BCUT2D eigenvalue weighted by molar-refractivity contribution is 0.0906. The van der Waals surface area contributed by atoms with Gasteiger partial charge in [-0.1, -0.05) is 0 Å². The van der Waals surface area contributed by atoms with E-state index in [1.54, 1.807) is 6.07 Å². The second kappa shape index (κ2) is 5.61. The van der Waals surface area contributed by atoms with Crippen molar-refractivity contribution in [1.82, 2.24) is 10.2 Å². The molecule has 1 aromatic heterocycles. The van der Waals surface area contributed by atoms with Crippen LogP contribution in [0.1, 0.15) is 17.0 Å². The minimum atomic E-state index is 0.0405. The summed E-state index contributed by atoms with van der Waals surface area (Å²) in [5.74, 6) is 0.469. The molecular weight excluding hydrogens is 272 g/mol. The van der Waals surface area contributed by atoms with Gasteiger partial charge in [-0.05, 0) is 41.5 Å². The molecule has 0 atom stereocenters. The monoisotopic (exact) mass is 286 g/mol. The maximum absolute atomic E-state index is 11.9. The molecule has 1 fully saturated rings. The van der Waals surface area contributed by atoms with Gasteiger partial charge in [0.2, 0.25) is 5.78 Å². The topological polar surface area (TPSA) is 45.5 Å². The molecule has 88 valence electrons. The Morgan fingerprint density at radius 3 is 3.12 bits per heavy atom. The maximum atomic E-state index is 11.9. The number of carbonyl (C=O) groups is 1. The number of Topliss-reactive ketones (excluding diaryl/α,β-unsaturated/α-hetero) is 1. The van der Waals surface area contributed by atoms with Crippen molar-refractivity contribution < 1.29 is 9.21 Å². The summed E-state index contributed by atoms with van der Waals surface area (Å²) >= 11 is 3.30. The summed E-state index contributed by atoms with van der Waals surface area (Å²) in [7, 11) is 0. The van der Waals surface area contributed by atoms with E-state index >= 15 is 0 Å². The third kappa shape index (κ3) is 2.93. The molecule has 4 nitrogen and oxygen atoms in total. The first-order valence-electron chi connectivity index (χ1n) is 5.46. The summed E-state index contributed by atoms with van der Waals surface area (Å²) in [5.41, 5.74) is 0. The summed E-state index contributed by atoms with van der Waals surface area (Å²) in [6.07, 6.45) is 2.62. The first-order valence-corrected chi connectivity index (χ1v) is 6.26. The van der Waals surface area contributed by atoms with Crippen LogP contribution in [-0.2, 0) is 0 Å². The molecule has 16 heavy (non-hydrogen) atoms. The molecule has 2 rings (SSSR count). The summed E-state index contributed by atoms with van der Waals surface area (Å²) in [4.78, 5) is 14.1. The zero-order valence-corrected chi connectivity index (χ0v) is 10.6. The van der Waals surface area contributed by atoms with Crippen LogP contribution in [0.2, 0.25) is 0 Å². The van der Waals surface area contributed by atoms with Crippen LogP contribution >= 0.6 is 15.9 Å². The van der Waals surface area contributed by atoms with Gasteiger partial charge in [0.25, 0.3) is 0 Å². The van der Waals surface area contributed by atoms with E-state index in [2.05, 4.69) is 26.1 Å². The molecule has 0 unspecified atom stereocenters. The summed E-state index contributed by atoms with van der Waals surface area (Å²) in [6, 6.07) is 1.75. The highest BCUT2D eigenvalue weighted by molar-refractivity contribution is 9.10. The van der Waals surface area contributed by atoms with E-state index in [-0.39, 0.29) is 5.78 Å². The zero-order valence-electron chi connectivity index (χ0n) is 9.04. The quantitative estimate of drug-likeness (QED) is 0.856. The van der Waals surface area contributed by atoms with Gasteiger partial charge in [0.15, 0.2) is 5.76 Å². The van der Waals surface area contributed by atoms with E-state index in [0.717, 1.165) is 37.1 Å². The van der Waals surface area contributed by atoms with Crippen LogP contribution in [-0.4, -0.2) is 43.4 Å². The minimum Gasteiger partial charge on any atom is -0.460 e. The highest BCUT2D eigenvalue weighted by Crippen LogP contribution is 2.18. The van der Waals surface area contributed by atoms with Gasteiger partial charge >= 0.3 is 0 Å². The number of nitrogens with zero attached hydrogens (tertiary/aromatic N) is 1. The largest absolute Gasteiger partial charge is 0.460 e. The highest BCUT2D eigenvalue weighted by Gasteiger charge is 2.18. The van der Waals surface area contributed by atoms with Crippen LogP contribution in [0.3, 0.4) is 0 Å². The fourth-order valence-electron chi connectivity index (χ4n) is 1.83. The van der Waals surface area contributed by atoms with Gasteiger partial charge in [0.1, 0.15) is 0 Å². The van der Waals surface area contributed by atoms with Crippen LogP contribution in [0.25, 0.3) is 0 Å². The van der Waals surface area contributed by atoms with Gasteiger partial charge < -0.3 is 9.73 Å². The average molecular weight is 287 g/mol. The van der Waals surface area contributed by atoms with Crippen molar-refractivity contribution in [2.24, 2.45) is 0 Å². The third-order valence-electron chi connectivity index (χ3n) is 2.67. The molecule has 1 saturated heterocycles. The molecule has 0 spiro atoms. The molecule has 5 heteroatoms. The van der Waals surface area contributed by atoms with E-state index in [1.165, 1.54) is 6.26 Å². The van der Waals surface area contributed by atoms with E-state index < -0.39 is 0 Å². The molecule has 0 aliphatic carbocycles. The van der Waals surface area contributed by atoms with Crippen molar-refractivity contribution in [3.8, 4) is 0 Å². The normalized spacial score (nSPS) is 18.3. The molecule has 0 radical (unpaired) electrons. The second-order valence-electron chi connectivity index (χ2n) is 3.90. The fourth-order valence-corrected chi connectivity index (χ4v) is 2.25. The lowest BCUT2D eigenvalue weighted by Gasteiger charge is -2.17. The predicted molar refractivity (Wildman–Crippen MR) is 64.7 cm³/mol. The zero-order chi connectivity index (χ0) is 11.4. The van der Waals surface area contributed by atoms with Crippen LogP contribution in [0.15, 0.2) is 21.2 Å². The smallest absolute Gasteiger partial charge is 0.213 e. The van der Waals surface area contributed by atoms with Crippen LogP contribution in [0.4, 0.5) is 0 Å². The summed E-state index contributed by atoms with van der Waals surface area (Å²) in [6.45, 7) is 4.32. The van der Waals surface area contributed by atoms with Gasteiger partial charge in [-0.15, -0.1) is 0 Å². The Bertz CT molecular complexity index is 357. The molecule has 0 aromatic carbocycles. The predicted octanol–water partition coefficient (Wildman–Crippen LogP) is 1.52. The van der Waals surface area contributed by atoms with E-state index in [0.29, 0.717) is 12.3 Å². The Balaban J connectivity index is 1.93. The Morgan fingerprint density at radius 1 is 1.50 bits per heavy atom. The number of carbonyl (C=O) groups excluding carboxylic acids is 1. The lowest BCUT2D eigenvalue weighted by atomic mass is 10.2. The van der Waals surface area contributed by atoms with Crippen molar-refractivity contribution >= 4 is 21.7 Å². The lowest BCUT2D eigenvalue weighted by Crippen LogP contribution is -2.33. The number of rotatable bonds is 3. The number of hydrogen-bond acceptors (Lipinski definition) is 4. The Kier molecular flexibility index (Phi) is 4.15. The molecule has 1 aliphatic heterocycles. The van der Waals surface area contributed by atoms with Gasteiger partial charge in [-0.3, -0.25) is 9.69 Å². The maximum Gasteiger partial charge on any atom is 0.213 e. The summed E-state index contributed by atoms with van der Waals surface area (Å²) < 4.78 is 5.90. The van der Waals surface area contributed by atoms with Crippen molar-refractivity contribution in [1.29, 1.82) is 0 Å². The van der Waals surface area contributed by atoms with E-state index in [9.17, 15) is 4.79 Å². The molecule has 0 bridgehead atoms. The third-order valence-corrected chi connectivity index (χ3v) is 3.29. The first-order chi connectivity index (χ1) is 7.77. The molecule has 2 heterocycles. The standard InChI is InChI=1S/C11H15BrN2O2/c12-9-2-7-16-11(9)10(15)8-14-5-1-3-13-4-6-14/h2,7,13H,1,3-6,8H2. The van der Waals surface area contributed by atoms with E-state index in [1.807, 2.05) is 0 Å². The second-order valence-corrected chi connectivity index (χ2v) is 4.75. The van der Waals surface area contributed by atoms with E-state index in [4.69, 9.17) is 4.42 Å². The molecule has 1 aromatic rings. The van der Waals surface area contributed by atoms with Crippen LogP contribution in [0.5, 0.6) is 0 Å². The number of furan rings is 1. The van der Waals surface area contributed by atoms with Crippen molar-refractivity contribution in [3.05, 3.63) is 22.6 Å². The molecule has 1 aliphatic rings. The Hall–Kier alpha value is -0.650. The summed E-state index contributed by atoms with van der Waals surface area (Å²) in [5, 5.41) is 3.31. The minimum absolute atomic E-state index is 0.0405. The first kappa shape index (κ1) is 11.8. The number of hydrogen-bond donors (Lipinski definition) is 1. The van der Waals surface area contributed by atoms with Gasteiger partial charge in [0.05, 0.1) is 17.3 Å². The van der Waals surface area contributed by atoms with Crippen molar-refractivity contribution in [2.75, 3.05) is 32.7 Å². The fraction of sp³-hybridized carbons (Fsp3) is 0.545. The number of ketones is 1. The van der Waals surface area contributed by atoms with Gasteiger partial charge in [0, 0.05) is 13.1 Å². The number of halogens is 1. The highest BCUT2D eigenvalue weighted by atomic mass is 79.9. The van der Waals surface area contributed by atoms with Crippen molar-refractivity contribution in [2.45, 2.75) is 6.42 Å². The molecule has 0 saturated carbocycles. The molecule has 1 N–H and O–H groups in total. The average Bonchev–Trinajstić information content (AvgIpc) is 2.53. The van der Waals surface area contributed by atoms with Crippen LogP contribution < -0.4 is 5.32 Å². The van der Waals surface area contributed by atoms with Crippen molar-refractivity contribution in [3.63, 3.8) is 0 Å². The van der Waals surface area contributed by atoms with Crippen LogP contribution in [0, 0.1) is 0 Å². The SMILES string of the molecule is O=C(CN1CCCNCC1)c1occc1Br. The Morgan fingerprint density at radius 2 is 2.38 bits per heavy atom. The molecular formula is C11H15BrN2O2.